The Labute approximate surface area is 152 Å². The Morgan fingerprint density at radius 1 is 1.21 bits per heavy atom. The number of nitrogens with zero attached hydrogens (tertiary/aromatic N) is 2. The van der Waals surface area contributed by atoms with Gasteiger partial charge in [-0.25, -0.2) is 0 Å². The molecule has 3 N–H and O–H groups in total. The molecule has 5 nitrogen and oxygen atoms in total. The summed E-state index contributed by atoms with van der Waals surface area (Å²) < 4.78 is 0. The largest absolute Gasteiger partial charge is 0.411 e. The molecule has 0 spiro atoms. The summed E-state index contributed by atoms with van der Waals surface area (Å²) in [5, 5.41) is 22.6. The van der Waals surface area contributed by atoms with Gasteiger partial charge in [-0.2, -0.15) is 5.48 Å². The number of hydrogen-bond donors (Lipinski definition) is 3. The predicted molar refractivity (Wildman–Crippen MR) is 101 cm³/mol. The lowest BCUT2D eigenvalue weighted by Gasteiger charge is -2.24. The third kappa shape index (κ3) is 8.11. The van der Waals surface area contributed by atoms with E-state index in [1.54, 1.807) is 0 Å². The highest BCUT2D eigenvalue weighted by molar-refractivity contribution is 5.87. The van der Waals surface area contributed by atoms with Gasteiger partial charge < -0.3 is 15.3 Å². The number of unbranched alkanes of at least 4 members (excludes halogenated alkanes) is 2. The second-order valence-electron chi connectivity index (χ2n) is 6.34. The topological polar surface area (TPSA) is 68.1 Å². The molecule has 0 aliphatic heterocycles. The van der Waals surface area contributed by atoms with E-state index in [1.165, 1.54) is 12.8 Å². The third-order valence-electron chi connectivity index (χ3n) is 4.11. The molecule has 0 heterocycles. The standard InChI is InChI=1S/C18H31N3O2.ClH/c1-4-5-7-12-16(14-21(2)3)18(20-23)13-17(19-22)15-10-8-6-9-11-15;/h6,8-11,16-17,19,22-23H,4-5,7,12-14H2,1-3H3;1H/b20-18-;. The first kappa shape index (κ1) is 22.9. The molecule has 24 heavy (non-hydrogen) atoms. The second kappa shape index (κ2) is 13.2. The molecule has 0 bridgehead atoms. The molecule has 0 amide bonds. The number of hydroxylamine groups is 1. The first-order valence-electron chi connectivity index (χ1n) is 8.42. The Kier molecular flexibility index (Phi) is 12.6. The van der Waals surface area contributed by atoms with Crippen molar-refractivity contribution in [2.45, 2.75) is 45.1 Å². The van der Waals surface area contributed by atoms with Gasteiger partial charge in [-0.05, 0) is 26.1 Å². The molecule has 138 valence electrons. The fraction of sp³-hybridized carbons (Fsp3) is 0.611. The highest BCUT2D eigenvalue weighted by Crippen LogP contribution is 2.22. The van der Waals surface area contributed by atoms with E-state index >= 15 is 0 Å². The van der Waals surface area contributed by atoms with Crippen molar-refractivity contribution in [3.05, 3.63) is 35.9 Å². The van der Waals surface area contributed by atoms with Crippen LogP contribution in [-0.2, 0) is 0 Å². The predicted octanol–water partition coefficient (Wildman–Crippen LogP) is 4.11. The molecule has 1 rings (SSSR count). The third-order valence-corrected chi connectivity index (χ3v) is 4.11. The molecule has 0 saturated heterocycles. The van der Waals surface area contributed by atoms with Gasteiger partial charge >= 0.3 is 0 Å². The minimum atomic E-state index is -0.266. The Morgan fingerprint density at radius 2 is 1.88 bits per heavy atom. The van der Waals surface area contributed by atoms with E-state index < -0.39 is 0 Å². The van der Waals surface area contributed by atoms with Crippen LogP contribution in [0.2, 0.25) is 0 Å². The molecule has 0 aliphatic carbocycles. The van der Waals surface area contributed by atoms with Gasteiger partial charge in [-0.3, -0.25) is 0 Å². The van der Waals surface area contributed by atoms with Crippen molar-refractivity contribution in [1.82, 2.24) is 10.4 Å². The molecule has 1 aromatic rings. The van der Waals surface area contributed by atoms with Crippen LogP contribution < -0.4 is 5.48 Å². The fourth-order valence-corrected chi connectivity index (χ4v) is 2.87. The molecule has 0 aromatic heterocycles. The summed E-state index contributed by atoms with van der Waals surface area (Å²) in [5.74, 6) is 0.195. The van der Waals surface area contributed by atoms with Crippen molar-refractivity contribution in [2.75, 3.05) is 20.6 Å². The van der Waals surface area contributed by atoms with Crippen LogP contribution in [0.5, 0.6) is 0 Å². The number of halogens is 1. The molecule has 0 fully saturated rings. The molecule has 6 heteroatoms. The van der Waals surface area contributed by atoms with Crippen molar-refractivity contribution < 1.29 is 10.4 Å². The average Bonchev–Trinajstić information content (AvgIpc) is 2.56. The SMILES string of the molecule is CCCCCC(CN(C)C)/C(CC(NO)c1ccccc1)=N\O.Cl. The van der Waals surface area contributed by atoms with Crippen molar-refractivity contribution in [2.24, 2.45) is 11.1 Å². The van der Waals surface area contributed by atoms with Crippen LogP contribution in [0.4, 0.5) is 0 Å². The number of hydrogen-bond acceptors (Lipinski definition) is 5. The van der Waals surface area contributed by atoms with Crippen LogP contribution in [0.3, 0.4) is 0 Å². The maximum absolute atomic E-state index is 9.52. The number of nitrogens with one attached hydrogen (secondary N) is 1. The lowest BCUT2D eigenvalue weighted by Crippen LogP contribution is -2.31. The first-order chi connectivity index (χ1) is 11.1. The van der Waals surface area contributed by atoms with E-state index in [2.05, 4.69) is 22.5 Å². The molecule has 2 atom stereocenters. The second-order valence-corrected chi connectivity index (χ2v) is 6.34. The van der Waals surface area contributed by atoms with Crippen molar-refractivity contribution in [3.8, 4) is 0 Å². The Morgan fingerprint density at radius 3 is 2.38 bits per heavy atom. The van der Waals surface area contributed by atoms with Crippen LogP contribution in [-0.4, -0.2) is 41.7 Å². The zero-order chi connectivity index (χ0) is 17.1. The smallest absolute Gasteiger partial charge is 0.0634 e. The highest BCUT2D eigenvalue weighted by Gasteiger charge is 2.22. The van der Waals surface area contributed by atoms with E-state index in [0.29, 0.717) is 6.42 Å². The van der Waals surface area contributed by atoms with Gasteiger partial charge in [0.2, 0.25) is 0 Å². The number of oxime groups is 1. The molecule has 0 aliphatic rings. The number of rotatable bonds is 11. The van der Waals surface area contributed by atoms with Crippen LogP contribution in [0.25, 0.3) is 0 Å². The fourth-order valence-electron chi connectivity index (χ4n) is 2.87. The van der Waals surface area contributed by atoms with Crippen molar-refractivity contribution in [1.29, 1.82) is 0 Å². The molecular weight excluding hydrogens is 326 g/mol. The molecule has 0 saturated carbocycles. The lowest BCUT2D eigenvalue weighted by molar-refractivity contribution is 0.127. The van der Waals surface area contributed by atoms with Gasteiger partial charge in [-0.1, -0.05) is 61.7 Å². The van der Waals surface area contributed by atoms with Crippen LogP contribution in [0, 0.1) is 5.92 Å². The number of benzene rings is 1. The van der Waals surface area contributed by atoms with E-state index in [1.807, 2.05) is 44.4 Å². The Hall–Kier alpha value is -1.14. The highest BCUT2D eigenvalue weighted by atomic mass is 35.5. The maximum atomic E-state index is 9.52. The van der Waals surface area contributed by atoms with E-state index in [4.69, 9.17) is 0 Å². The van der Waals surface area contributed by atoms with Gasteiger partial charge in [0.1, 0.15) is 0 Å². The van der Waals surface area contributed by atoms with E-state index in [-0.39, 0.29) is 24.4 Å². The first-order valence-corrected chi connectivity index (χ1v) is 8.42. The molecule has 0 radical (unpaired) electrons. The zero-order valence-electron chi connectivity index (χ0n) is 15.0. The summed E-state index contributed by atoms with van der Waals surface area (Å²) in [6.07, 6.45) is 4.96. The summed E-state index contributed by atoms with van der Waals surface area (Å²) >= 11 is 0. The van der Waals surface area contributed by atoms with Gasteiger partial charge in [0.25, 0.3) is 0 Å². The molecular formula is C18H32ClN3O2. The average molecular weight is 358 g/mol. The molecule has 2 unspecified atom stereocenters. The summed E-state index contributed by atoms with van der Waals surface area (Å²) in [5.41, 5.74) is 4.07. The lowest BCUT2D eigenvalue weighted by atomic mass is 9.90. The monoisotopic (exact) mass is 357 g/mol. The van der Waals surface area contributed by atoms with Crippen LogP contribution >= 0.6 is 12.4 Å². The summed E-state index contributed by atoms with van der Waals surface area (Å²) in [6.45, 7) is 3.03. The van der Waals surface area contributed by atoms with E-state index in [9.17, 15) is 10.4 Å². The quantitative estimate of drug-likeness (QED) is 0.241. The Balaban J connectivity index is 0.00000529. The van der Waals surface area contributed by atoms with Gasteiger partial charge in [0.15, 0.2) is 0 Å². The summed E-state index contributed by atoms with van der Waals surface area (Å²) in [6, 6.07) is 9.47. The maximum Gasteiger partial charge on any atom is 0.0634 e. The minimum Gasteiger partial charge on any atom is -0.411 e. The normalized spacial score (nSPS) is 14.3. The van der Waals surface area contributed by atoms with Gasteiger partial charge in [0, 0.05) is 18.9 Å². The van der Waals surface area contributed by atoms with Gasteiger partial charge in [0.05, 0.1) is 11.8 Å². The molecule has 1 aromatic carbocycles. The summed E-state index contributed by atoms with van der Waals surface area (Å²) in [7, 11) is 4.06. The van der Waals surface area contributed by atoms with Gasteiger partial charge in [-0.15, -0.1) is 12.4 Å². The Bertz CT molecular complexity index is 455. The summed E-state index contributed by atoms with van der Waals surface area (Å²) in [4.78, 5) is 2.12. The van der Waals surface area contributed by atoms with Crippen molar-refractivity contribution >= 4 is 18.1 Å². The zero-order valence-corrected chi connectivity index (χ0v) is 15.8. The van der Waals surface area contributed by atoms with E-state index in [0.717, 1.165) is 30.7 Å². The van der Waals surface area contributed by atoms with Crippen LogP contribution in [0.1, 0.15) is 50.6 Å². The van der Waals surface area contributed by atoms with Crippen molar-refractivity contribution in [3.63, 3.8) is 0 Å². The minimum absolute atomic E-state index is 0. The van der Waals surface area contributed by atoms with Crippen LogP contribution in [0.15, 0.2) is 35.5 Å².